The van der Waals surface area contributed by atoms with E-state index in [4.69, 9.17) is 21.1 Å². The summed E-state index contributed by atoms with van der Waals surface area (Å²) in [5.41, 5.74) is 0.647. The number of nitro groups is 1. The van der Waals surface area contributed by atoms with Crippen LogP contribution in [0.15, 0.2) is 16.6 Å². The number of rotatable bonds is 4. The van der Waals surface area contributed by atoms with Gasteiger partial charge in [-0.25, -0.2) is 0 Å². The van der Waals surface area contributed by atoms with Gasteiger partial charge in [-0.1, -0.05) is 15.9 Å². The van der Waals surface area contributed by atoms with Crippen LogP contribution in [0, 0.1) is 17.0 Å². The maximum absolute atomic E-state index is 11.1. The maximum atomic E-state index is 11.1. The van der Waals surface area contributed by atoms with Gasteiger partial charge < -0.3 is 9.47 Å². The van der Waals surface area contributed by atoms with Gasteiger partial charge in [-0.2, -0.15) is 0 Å². The number of hydrogen-bond donors (Lipinski definition) is 0. The summed E-state index contributed by atoms with van der Waals surface area (Å²) in [4.78, 5) is 10.6. The monoisotopic (exact) mass is 349 g/mol. The van der Waals surface area contributed by atoms with Crippen LogP contribution in [0.2, 0.25) is 0 Å². The molecule has 1 aromatic carbocycles. The van der Waals surface area contributed by atoms with Crippen LogP contribution in [0.5, 0.6) is 5.75 Å². The highest BCUT2D eigenvalue weighted by atomic mass is 79.9. The van der Waals surface area contributed by atoms with Crippen LogP contribution in [0.4, 0.5) is 5.69 Å². The van der Waals surface area contributed by atoms with Gasteiger partial charge >= 0.3 is 5.69 Å². The summed E-state index contributed by atoms with van der Waals surface area (Å²) in [6, 6.07) is 3.21. The van der Waals surface area contributed by atoms with Crippen LogP contribution in [0.25, 0.3) is 0 Å². The van der Waals surface area contributed by atoms with Crippen LogP contribution in [0.1, 0.15) is 12.0 Å². The lowest BCUT2D eigenvalue weighted by Gasteiger charge is -2.39. The van der Waals surface area contributed by atoms with Gasteiger partial charge in [-0.05, 0) is 18.6 Å². The third-order valence-electron chi connectivity index (χ3n) is 3.14. The van der Waals surface area contributed by atoms with Gasteiger partial charge in [0.1, 0.15) is 12.2 Å². The number of methoxy groups -OCH3 is 1. The molecular formula is C12H13BrClNO4. The van der Waals surface area contributed by atoms with E-state index in [1.54, 1.807) is 20.1 Å². The molecule has 0 bridgehead atoms. The highest BCUT2D eigenvalue weighted by molar-refractivity contribution is 9.10. The van der Waals surface area contributed by atoms with Crippen molar-refractivity contribution in [1.29, 1.82) is 0 Å². The van der Waals surface area contributed by atoms with Gasteiger partial charge in [0, 0.05) is 24.1 Å². The molecule has 0 saturated heterocycles. The number of ether oxygens (including phenoxy) is 2. The summed E-state index contributed by atoms with van der Waals surface area (Å²) in [5, 5.41) is 11.0. The zero-order valence-corrected chi connectivity index (χ0v) is 12.8. The van der Waals surface area contributed by atoms with Crippen molar-refractivity contribution in [3.63, 3.8) is 0 Å². The van der Waals surface area contributed by atoms with Crippen molar-refractivity contribution in [1.82, 2.24) is 0 Å². The number of halogens is 2. The molecule has 1 fully saturated rings. The summed E-state index contributed by atoms with van der Waals surface area (Å²) >= 11 is 9.24. The molecule has 1 saturated carbocycles. The Balaban J connectivity index is 2.27. The first kappa shape index (κ1) is 14.6. The Hall–Kier alpha value is -0.850. The van der Waals surface area contributed by atoms with E-state index < -0.39 is 4.92 Å². The quantitative estimate of drug-likeness (QED) is 0.474. The Morgan fingerprint density at radius 1 is 1.53 bits per heavy atom. The Kier molecular flexibility index (Phi) is 4.32. The minimum atomic E-state index is -0.453. The maximum Gasteiger partial charge on any atom is 0.312 e. The van der Waals surface area contributed by atoms with Gasteiger partial charge in [0.25, 0.3) is 0 Å². The van der Waals surface area contributed by atoms with E-state index in [-0.39, 0.29) is 29.0 Å². The van der Waals surface area contributed by atoms with E-state index >= 15 is 0 Å². The third kappa shape index (κ3) is 2.85. The summed E-state index contributed by atoms with van der Waals surface area (Å²) in [7, 11) is 1.55. The molecule has 0 aliphatic heterocycles. The number of nitrogens with zero attached hydrogens (tertiary/aromatic N) is 1. The molecule has 19 heavy (non-hydrogen) atoms. The lowest BCUT2D eigenvalue weighted by Crippen LogP contribution is -2.52. The molecule has 2 rings (SSSR count). The van der Waals surface area contributed by atoms with Crippen molar-refractivity contribution in [3.8, 4) is 5.75 Å². The Labute approximate surface area is 124 Å². The number of nitro benzene ring substituents is 1. The minimum Gasteiger partial charge on any atom is -0.480 e. The largest absolute Gasteiger partial charge is 0.480 e. The predicted molar refractivity (Wildman–Crippen MR) is 75.0 cm³/mol. The zero-order valence-electron chi connectivity index (χ0n) is 10.4. The average Bonchev–Trinajstić information content (AvgIpc) is 2.30. The lowest BCUT2D eigenvalue weighted by molar-refractivity contribution is -0.386. The van der Waals surface area contributed by atoms with E-state index in [0.29, 0.717) is 16.5 Å². The van der Waals surface area contributed by atoms with E-state index in [1.165, 1.54) is 6.07 Å². The second kappa shape index (κ2) is 5.64. The molecule has 104 valence electrons. The first-order valence-electron chi connectivity index (χ1n) is 5.72. The summed E-state index contributed by atoms with van der Waals surface area (Å²) in [5.74, 6) is 0.281. The van der Waals surface area contributed by atoms with Crippen molar-refractivity contribution < 1.29 is 14.4 Å². The van der Waals surface area contributed by atoms with Crippen LogP contribution >= 0.6 is 27.5 Å². The molecule has 1 aromatic rings. The third-order valence-corrected chi connectivity index (χ3v) is 4.02. The molecular weight excluding hydrogens is 337 g/mol. The van der Waals surface area contributed by atoms with E-state index in [1.807, 2.05) is 0 Å². The summed E-state index contributed by atoms with van der Waals surface area (Å²) in [6.45, 7) is 1.77. The molecule has 3 unspecified atom stereocenters. The second-order valence-corrected chi connectivity index (χ2v) is 5.91. The van der Waals surface area contributed by atoms with Gasteiger partial charge in [-0.3, -0.25) is 10.1 Å². The van der Waals surface area contributed by atoms with E-state index in [0.717, 1.165) is 0 Å². The first-order valence-corrected chi connectivity index (χ1v) is 6.95. The minimum absolute atomic E-state index is 0.0558. The van der Waals surface area contributed by atoms with E-state index in [2.05, 4.69) is 15.9 Å². The lowest BCUT2D eigenvalue weighted by atomic mass is 9.91. The van der Waals surface area contributed by atoms with Crippen molar-refractivity contribution in [2.24, 2.45) is 0 Å². The van der Waals surface area contributed by atoms with Gasteiger partial charge in [-0.15, -0.1) is 11.6 Å². The van der Waals surface area contributed by atoms with Crippen molar-refractivity contribution in [2.45, 2.75) is 30.9 Å². The number of alkyl halides is 1. The molecule has 3 atom stereocenters. The molecule has 0 spiro atoms. The Bertz CT molecular complexity index is 511. The summed E-state index contributed by atoms with van der Waals surface area (Å²) < 4.78 is 11.6. The van der Waals surface area contributed by atoms with Gasteiger partial charge in [0.2, 0.25) is 5.75 Å². The molecule has 0 N–H and O–H groups in total. The highest BCUT2D eigenvalue weighted by Crippen LogP contribution is 2.39. The smallest absolute Gasteiger partial charge is 0.312 e. The molecule has 0 radical (unpaired) electrons. The highest BCUT2D eigenvalue weighted by Gasteiger charge is 2.43. The number of aryl methyl sites for hydroxylation is 1. The molecule has 7 heteroatoms. The molecule has 1 aliphatic rings. The second-order valence-electron chi connectivity index (χ2n) is 4.44. The fourth-order valence-electron chi connectivity index (χ4n) is 2.09. The van der Waals surface area contributed by atoms with Crippen LogP contribution in [0.3, 0.4) is 0 Å². The van der Waals surface area contributed by atoms with Crippen LogP contribution in [-0.4, -0.2) is 29.6 Å². The molecule has 5 nitrogen and oxygen atoms in total. The Morgan fingerprint density at radius 3 is 2.74 bits per heavy atom. The molecule has 0 aromatic heterocycles. The average molecular weight is 351 g/mol. The van der Waals surface area contributed by atoms with Crippen molar-refractivity contribution in [2.75, 3.05) is 7.11 Å². The number of benzene rings is 1. The van der Waals surface area contributed by atoms with E-state index in [9.17, 15) is 10.1 Å². The molecule has 0 amide bonds. The Morgan fingerprint density at radius 2 is 2.21 bits per heavy atom. The fraction of sp³-hybridized carbons (Fsp3) is 0.500. The van der Waals surface area contributed by atoms with Gasteiger partial charge in [0.05, 0.1) is 10.3 Å². The first-order chi connectivity index (χ1) is 8.93. The standard InChI is InChI=1S/C12H13BrClNO4/c1-6-3-7(13)4-9(15(16)17)11(6)19-10-5-8(14)12(10)18-2/h3-4,8,10,12H,5H2,1-2H3. The normalized spacial score (nSPS) is 25.8. The predicted octanol–water partition coefficient (Wildman–Crippen LogP) is 3.44. The van der Waals surface area contributed by atoms with Crippen LogP contribution in [-0.2, 0) is 4.74 Å². The summed E-state index contributed by atoms with van der Waals surface area (Å²) in [6.07, 6.45) is 0.141. The molecule has 1 aliphatic carbocycles. The van der Waals surface area contributed by atoms with Crippen LogP contribution < -0.4 is 4.74 Å². The molecule has 0 heterocycles. The van der Waals surface area contributed by atoms with Crippen molar-refractivity contribution in [3.05, 3.63) is 32.3 Å². The van der Waals surface area contributed by atoms with Crippen molar-refractivity contribution >= 4 is 33.2 Å². The van der Waals surface area contributed by atoms with Gasteiger partial charge in [0.15, 0.2) is 0 Å². The topological polar surface area (TPSA) is 61.6 Å². The SMILES string of the molecule is COC1C(Cl)CC1Oc1c(C)cc(Br)cc1[N+](=O)[O-]. The number of hydrogen-bond acceptors (Lipinski definition) is 4. The zero-order chi connectivity index (χ0) is 14.2. The fourth-order valence-corrected chi connectivity index (χ4v) is 3.10.